The number of carbonyl (C=O) groups excluding carboxylic acids is 1. The maximum absolute atomic E-state index is 12.6. The van der Waals surface area contributed by atoms with E-state index in [0.29, 0.717) is 18.3 Å². The summed E-state index contributed by atoms with van der Waals surface area (Å²) in [6.45, 7) is 0.940. The number of amides is 1. The zero-order chi connectivity index (χ0) is 14.8. The Kier molecular flexibility index (Phi) is 4.48. The second-order valence-corrected chi connectivity index (χ2v) is 6.94. The van der Waals surface area contributed by atoms with Gasteiger partial charge in [-0.15, -0.1) is 0 Å². The van der Waals surface area contributed by atoms with Gasteiger partial charge in [-0.25, -0.2) is 0 Å². The van der Waals surface area contributed by atoms with E-state index in [-0.39, 0.29) is 18.0 Å². The van der Waals surface area contributed by atoms with Crippen LogP contribution in [0.25, 0.3) is 0 Å². The molecule has 5 nitrogen and oxygen atoms in total. The highest BCUT2D eigenvalue weighted by molar-refractivity contribution is 5.83. The van der Waals surface area contributed by atoms with E-state index in [0.717, 1.165) is 38.6 Å². The van der Waals surface area contributed by atoms with Gasteiger partial charge in [0.15, 0.2) is 0 Å². The number of rotatable bonds is 3. The number of hydrogen-bond acceptors (Lipinski definition) is 3. The first kappa shape index (κ1) is 14.8. The Morgan fingerprint density at radius 3 is 2.62 bits per heavy atom. The molecule has 0 aromatic carbocycles. The van der Waals surface area contributed by atoms with E-state index in [1.165, 1.54) is 12.8 Å². The minimum Gasteiger partial charge on any atom is -0.481 e. The van der Waals surface area contributed by atoms with Gasteiger partial charge >= 0.3 is 5.97 Å². The largest absolute Gasteiger partial charge is 0.481 e. The van der Waals surface area contributed by atoms with E-state index in [1.807, 2.05) is 0 Å². The first-order valence-electron chi connectivity index (χ1n) is 8.43. The summed E-state index contributed by atoms with van der Waals surface area (Å²) in [7, 11) is 0. The lowest BCUT2D eigenvalue weighted by Gasteiger charge is -2.26. The van der Waals surface area contributed by atoms with Crippen LogP contribution in [0.1, 0.15) is 51.4 Å². The topological polar surface area (TPSA) is 78.4 Å². The lowest BCUT2D eigenvalue weighted by atomic mass is 9.91. The molecule has 3 fully saturated rings. The third-order valence-electron chi connectivity index (χ3n) is 5.69. The van der Waals surface area contributed by atoms with Crippen molar-refractivity contribution in [2.24, 2.45) is 17.8 Å². The van der Waals surface area contributed by atoms with Gasteiger partial charge < -0.3 is 15.7 Å². The van der Waals surface area contributed by atoms with Crippen molar-refractivity contribution in [3.63, 3.8) is 0 Å². The smallest absolute Gasteiger partial charge is 0.308 e. The highest BCUT2D eigenvalue weighted by Gasteiger charge is 2.43. The SMILES string of the molecule is O=C(O)C1CCCCCC1NC(=O)C1NCC2CCCC21. The van der Waals surface area contributed by atoms with E-state index >= 15 is 0 Å². The van der Waals surface area contributed by atoms with Crippen molar-refractivity contribution in [2.45, 2.75) is 63.5 Å². The Morgan fingerprint density at radius 2 is 1.81 bits per heavy atom. The van der Waals surface area contributed by atoms with Crippen molar-refractivity contribution in [3.8, 4) is 0 Å². The van der Waals surface area contributed by atoms with Gasteiger partial charge in [0, 0.05) is 6.04 Å². The molecule has 1 saturated heterocycles. The molecule has 1 amide bonds. The molecule has 21 heavy (non-hydrogen) atoms. The number of carboxylic acid groups (broad SMARTS) is 1. The Balaban J connectivity index is 1.63. The molecule has 5 unspecified atom stereocenters. The van der Waals surface area contributed by atoms with Crippen molar-refractivity contribution in [2.75, 3.05) is 6.54 Å². The fourth-order valence-electron chi connectivity index (χ4n) is 4.52. The van der Waals surface area contributed by atoms with Crippen molar-refractivity contribution in [3.05, 3.63) is 0 Å². The number of hydrogen-bond donors (Lipinski definition) is 3. The summed E-state index contributed by atoms with van der Waals surface area (Å²) in [5, 5.41) is 15.8. The molecule has 0 aromatic rings. The number of carboxylic acids is 1. The summed E-state index contributed by atoms with van der Waals surface area (Å²) in [5.74, 6) is -0.0516. The maximum atomic E-state index is 12.6. The summed E-state index contributed by atoms with van der Waals surface area (Å²) in [6, 6.07) is -0.296. The van der Waals surface area contributed by atoms with E-state index in [1.54, 1.807) is 0 Å². The molecule has 0 aromatic heterocycles. The zero-order valence-electron chi connectivity index (χ0n) is 12.5. The number of fused-ring (bicyclic) bond motifs is 1. The highest BCUT2D eigenvalue weighted by atomic mass is 16.4. The van der Waals surface area contributed by atoms with Crippen LogP contribution in [0.3, 0.4) is 0 Å². The maximum Gasteiger partial charge on any atom is 0.308 e. The first-order chi connectivity index (χ1) is 10.2. The van der Waals surface area contributed by atoms with Gasteiger partial charge in [-0.2, -0.15) is 0 Å². The highest BCUT2D eigenvalue weighted by Crippen LogP contribution is 2.38. The van der Waals surface area contributed by atoms with E-state index in [9.17, 15) is 14.7 Å². The van der Waals surface area contributed by atoms with Crippen molar-refractivity contribution in [1.29, 1.82) is 0 Å². The number of carbonyl (C=O) groups is 2. The van der Waals surface area contributed by atoms with Crippen LogP contribution in [0.15, 0.2) is 0 Å². The van der Waals surface area contributed by atoms with Crippen LogP contribution in [0.2, 0.25) is 0 Å². The molecular formula is C16H26N2O3. The van der Waals surface area contributed by atoms with Gasteiger partial charge in [-0.05, 0) is 44.1 Å². The average Bonchev–Trinajstić information content (AvgIpc) is 2.97. The van der Waals surface area contributed by atoms with Crippen LogP contribution < -0.4 is 10.6 Å². The lowest BCUT2D eigenvalue weighted by Crippen LogP contribution is -2.50. The quantitative estimate of drug-likeness (QED) is 0.690. The van der Waals surface area contributed by atoms with Gasteiger partial charge in [0.1, 0.15) is 0 Å². The third-order valence-corrected chi connectivity index (χ3v) is 5.69. The Bertz CT molecular complexity index is 412. The lowest BCUT2D eigenvalue weighted by molar-refractivity contribution is -0.143. The van der Waals surface area contributed by atoms with Crippen LogP contribution in [-0.2, 0) is 9.59 Å². The Labute approximate surface area is 125 Å². The molecular weight excluding hydrogens is 268 g/mol. The molecule has 5 atom stereocenters. The van der Waals surface area contributed by atoms with Gasteiger partial charge in [0.2, 0.25) is 5.91 Å². The van der Waals surface area contributed by atoms with Gasteiger partial charge in [0.25, 0.3) is 0 Å². The van der Waals surface area contributed by atoms with Crippen molar-refractivity contribution in [1.82, 2.24) is 10.6 Å². The Morgan fingerprint density at radius 1 is 1.00 bits per heavy atom. The fourth-order valence-corrected chi connectivity index (χ4v) is 4.52. The molecule has 1 heterocycles. The summed E-state index contributed by atoms with van der Waals surface area (Å²) in [5.41, 5.74) is 0. The third kappa shape index (κ3) is 3.07. The molecule has 0 spiro atoms. The molecule has 2 aliphatic carbocycles. The molecule has 1 aliphatic heterocycles. The molecule has 2 saturated carbocycles. The van der Waals surface area contributed by atoms with E-state index in [2.05, 4.69) is 10.6 Å². The fraction of sp³-hybridized carbons (Fsp3) is 0.875. The molecule has 3 aliphatic rings. The second kappa shape index (κ2) is 6.34. The van der Waals surface area contributed by atoms with Crippen LogP contribution in [0.4, 0.5) is 0 Å². The van der Waals surface area contributed by atoms with Gasteiger partial charge in [-0.1, -0.05) is 25.7 Å². The first-order valence-corrected chi connectivity index (χ1v) is 8.43. The minimum atomic E-state index is -0.764. The monoisotopic (exact) mass is 294 g/mol. The van der Waals surface area contributed by atoms with Gasteiger partial charge in [-0.3, -0.25) is 9.59 Å². The van der Waals surface area contributed by atoms with Crippen LogP contribution in [-0.4, -0.2) is 35.6 Å². The molecule has 3 N–H and O–H groups in total. The summed E-state index contributed by atoms with van der Waals surface area (Å²) in [4.78, 5) is 24.0. The molecule has 5 heteroatoms. The Hall–Kier alpha value is -1.10. The van der Waals surface area contributed by atoms with Crippen LogP contribution >= 0.6 is 0 Å². The predicted octanol–water partition coefficient (Wildman–Crippen LogP) is 1.52. The normalized spacial score (nSPS) is 39.5. The number of nitrogens with one attached hydrogen (secondary N) is 2. The summed E-state index contributed by atoms with van der Waals surface area (Å²) >= 11 is 0. The minimum absolute atomic E-state index is 0.0301. The number of aliphatic carboxylic acids is 1. The zero-order valence-corrected chi connectivity index (χ0v) is 12.5. The van der Waals surface area contributed by atoms with E-state index in [4.69, 9.17) is 0 Å². The standard InChI is InChI=1S/C16H26N2O3/c19-15(14-11-7-4-5-10(11)9-17-14)18-13-8-3-1-2-6-12(13)16(20)21/h10-14,17H,1-9H2,(H,18,19)(H,20,21). The van der Waals surface area contributed by atoms with Crippen molar-refractivity contribution >= 4 is 11.9 Å². The van der Waals surface area contributed by atoms with Gasteiger partial charge in [0.05, 0.1) is 12.0 Å². The molecule has 118 valence electrons. The predicted molar refractivity (Wildman–Crippen MR) is 78.8 cm³/mol. The van der Waals surface area contributed by atoms with Crippen molar-refractivity contribution < 1.29 is 14.7 Å². The molecule has 0 radical (unpaired) electrons. The van der Waals surface area contributed by atoms with E-state index < -0.39 is 11.9 Å². The summed E-state index contributed by atoms with van der Waals surface area (Å²) < 4.78 is 0. The molecule has 0 bridgehead atoms. The summed E-state index contributed by atoms with van der Waals surface area (Å²) in [6.07, 6.45) is 8.10. The molecule has 3 rings (SSSR count). The van der Waals surface area contributed by atoms with Crippen LogP contribution in [0, 0.1) is 17.8 Å². The van der Waals surface area contributed by atoms with Crippen LogP contribution in [0.5, 0.6) is 0 Å². The average molecular weight is 294 g/mol. The second-order valence-electron chi connectivity index (χ2n) is 6.94.